The zero-order valence-electron chi connectivity index (χ0n) is 46.0. The number of nitrogens with one attached hydrogen (secondary N) is 1. The molecule has 1 amide bonds. The van der Waals surface area contributed by atoms with E-state index in [1.165, 1.54) is 44.9 Å². The summed E-state index contributed by atoms with van der Waals surface area (Å²) in [5.74, 6) is -0.208. The lowest BCUT2D eigenvalue weighted by atomic mass is 9.99. The monoisotopic (exact) mass is 1030 g/mol. The topological polar surface area (TPSA) is 149 Å². The standard InChI is InChI=1S/C65H103NO8/c1-3-5-7-9-11-13-15-16-17-18-19-20-21-22-23-24-25-26-27-28-29-30-31-32-33-34-35-36-37-38-39-40-41-42-43-44-45-47-49-51-53-55-61(69)66-58(57-73-65-64(72)63(71)62(70)60(56-67)74-65)59(68)54-52-50-48-46-14-12-10-8-6-4-2/h5,7,11,13-14,16-17,19-20,22-23,25-26,28-29,31-32,34-35,37-38,40-41,46,52,54,58-60,62-65,67-68,70-72H,3-4,6,8-10,12,15,18,21,24,27,30,33,36,39,42-45,47-51,53,55-57H2,1-2H3,(H,66,69)/b7-5-,13-11-,17-16-,20-19-,23-22-,26-25-,29-28-,32-31-,35-34-,38-37-,41-40-,46-14+,54-52+. The normalized spacial score (nSPS) is 20.2. The molecule has 9 nitrogen and oxygen atoms in total. The van der Waals surface area contributed by atoms with Crippen LogP contribution in [0.15, 0.2) is 158 Å². The average Bonchev–Trinajstić information content (AvgIpc) is 3.40. The number of unbranched alkanes of at least 4 members (excludes halogenated alkanes) is 12. The molecule has 0 aromatic carbocycles. The highest BCUT2D eigenvalue weighted by Gasteiger charge is 2.44. The highest BCUT2D eigenvalue weighted by molar-refractivity contribution is 5.76. The van der Waals surface area contributed by atoms with E-state index in [0.717, 1.165) is 122 Å². The third-order valence-corrected chi connectivity index (χ3v) is 12.3. The number of carbonyl (C=O) groups excluding carboxylic acids is 1. The van der Waals surface area contributed by atoms with Gasteiger partial charge in [0.15, 0.2) is 6.29 Å². The fourth-order valence-corrected chi connectivity index (χ4v) is 7.82. The zero-order valence-corrected chi connectivity index (χ0v) is 46.0. The van der Waals surface area contributed by atoms with E-state index in [1.54, 1.807) is 6.08 Å². The van der Waals surface area contributed by atoms with Crippen molar-refractivity contribution in [3.63, 3.8) is 0 Å². The Morgan fingerprint density at radius 1 is 0.473 bits per heavy atom. The zero-order chi connectivity index (χ0) is 53.6. The van der Waals surface area contributed by atoms with Crippen molar-refractivity contribution in [2.45, 2.75) is 230 Å². The summed E-state index contributed by atoms with van der Waals surface area (Å²) in [6.45, 7) is 3.57. The molecular formula is C65H103NO8. The number of hydrogen-bond acceptors (Lipinski definition) is 8. The molecule has 0 saturated carbocycles. The fraction of sp³-hybridized carbons (Fsp3) is 0.585. The van der Waals surface area contributed by atoms with Gasteiger partial charge in [0.1, 0.15) is 24.4 Å². The third-order valence-electron chi connectivity index (χ3n) is 12.3. The Bertz CT molecular complexity index is 1710. The molecule has 0 aromatic heterocycles. The maximum atomic E-state index is 13.0. The summed E-state index contributed by atoms with van der Waals surface area (Å²) in [6.07, 6.45) is 76.1. The summed E-state index contributed by atoms with van der Waals surface area (Å²) >= 11 is 0. The van der Waals surface area contributed by atoms with Gasteiger partial charge in [-0.1, -0.05) is 223 Å². The van der Waals surface area contributed by atoms with Crippen LogP contribution in [-0.4, -0.2) is 87.5 Å². The van der Waals surface area contributed by atoms with Crippen molar-refractivity contribution in [2.24, 2.45) is 0 Å². The van der Waals surface area contributed by atoms with Gasteiger partial charge in [-0.05, 0) is 116 Å². The van der Waals surface area contributed by atoms with E-state index >= 15 is 0 Å². The predicted octanol–water partition coefficient (Wildman–Crippen LogP) is 14.5. The van der Waals surface area contributed by atoms with E-state index in [2.05, 4.69) is 165 Å². The van der Waals surface area contributed by atoms with E-state index in [-0.39, 0.29) is 12.5 Å². The molecule has 416 valence electrons. The SMILES string of the molecule is CC/C=C\C/C=C\C/C=C\C/C=C\C/C=C\C/C=C\C/C=C\C/C=C\C/C=C\C/C=C\C/C=C\CCCCCCCCCC(=O)NC(COC1OC(CO)C(O)C(O)C1O)C(O)/C=C/CC/C=C/CCCCCC. The molecule has 1 aliphatic rings. The Labute approximate surface area is 450 Å². The number of allylic oxidation sites excluding steroid dienone is 25. The number of rotatable bonds is 46. The van der Waals surface area contributed by atoms with Crippen LogP contribution in [0.25, 0.3) is 0 Å². The van der Waals surface area contributed by atoms with Crippen molar-refractivity contribution in [3.8, 4) is 0 Å². The highest BCUT2D eigenvalue weighted by Crippen LogP contribution is 2.22. The summed E-state index contributed by atoms with van der Waals surface area (Å²) in [7, 11) is 0. The van der Waals surface area contributed by atoms with Gasteiger partial charge >= 0.3 is 0 Å². The molecule has 1 rings (SSSR count). The van der Waals surface area contributed by atoms with Crippen molar-refractivity contribution in [1.29, 1.82) is 0 Å². The summed E-state index contributed by atoms with van der Waals surface area (Å²) in [5, 5.41) is 54.2. The third kappa shape index (κ3) is 41.1. The lowest BCUT2D eigenvalue weighted by Gasteiger charge is -2.40. The number of hydrogen-bond donors (Lipinski definition) is 6. The van der Waals surface area contributed by atoms with Crippen LogP contribution in [-0.2, 0) is 14.3 Å². The predicted molar refractivity (Wildman–Crippen MR) is 312 cm³/mol. The second-order valence-electron chi connectivity index (χ2n) is 19.0. The van der Waals surface area contributed by atoms with Crippen LogP contribution in [0.1, 0.15) is 187 Å². The lowest BCUT2D eigenvalue weighted by molar-refractivity contribution is -0.302. The second-order valence-corrected chi connectivity index (χ2v) is 19.0. The first-order chi connectivity index (χ1) is 36.3. The second kappa shape index (κ2) is 52.3. The first kappa shape index (κ1) is 67.8. The Morgan fingerprint density at radius 3 is 1.30 bits per heavy atom. The van der Waals surface area contributed by atoms with E-state index in [1.807, 2.05) is 6.08 Å². The van der Waals surface area contributed by atoms with Crippen LogP contribution in [0.3, 0.4) is 0 Å². The quantitative estimate of drug-likeness (QED) is 0.0261. The van der Waals surface area contributed by atoms with Crippen LogP contribution in [0, 0.1) is 0 Å². The summed E-state index contributed by atoms with van der Waals surface area (Å²) in [5.41, 5.74) is 0. The van der Waals surface area contributed by atoms with Crippen molar-refractivity contribution in [3.05, 3.63) is 158 Å². The van der Waals surface area contributed by atoms with Gasteiger partial charge in [0.2, 0.25) is 5.91 Å². The van der Waals surface area contributed by atoms with Crippen LogP contribution in [0.2, 0.25) is 0 Å². The van der Waals surface area contributed by atoms with E-state index < -0.39 is 49.5 Å². The molecule has 6 N–H and O–H groups in total. The fourth-order valence-electron chi connectivity index (χ4n) is 7.82. The molecule has 0 aromatic rings. The van der Waals surface area contributed by atoms with Crippen molar-refractivity contribution in [1.82, 2.24) is 5.32 Å². The van der Waals surface area contributed by atoms with Crippen molar-refractivity contribution in [2.75, 3.05) is 13.2 Å². The lowest BCUT2D eigenvalue weighted by Crippen LogP contribution is -2.60. The Kier molecular flexibility index (Phi) is 47.9. The average molecular weight is 1030 g/mol. The molecule has 0 radical (unpaired) electrons. The molecule has 0 spiro atoms. The van der Waals surface area contributed by atoms with Gasteiger partial charge in [0, 0.05) is 6.42 Å². The molecule has 1 fully saturated rings. The van der Waals surface area contributed by atoms with Crippen LogP contribution in [0.4, 0.5) is 0 Å². The largest absolute Gasteiger partial charge is 0.394 e. The van der Waals surface area contributed by atoms with Gasteiger partial charge in [-0.25, -0.2) is 0 Å². The number of aliphatic hydroxyl groups is 5. The van der Waals surface area contributed by atoms with Crippen LogP contribution >= 0.6 is 0 Å². The summed E-state index contributed by atoms with van der Waals surface area (Å²) < 4.78 is 11.2. The molecule has 7 atom stereocenters. The van der Waals surface area contributed by atoms with Crippen LogP contribution < -0.4 is 5.32 Å². The Hall–Kier alpha value is -4.19. The maximum absolute atomic E-state index is 13.0. The number of ether oxygens (including phenoxy) is 2. The summed E-state index contributed by atoms with van der Waals surface area (Å²) in [4.78, 5) is 13.0. The van der Waals surface area contributed by atoms with E-state index in [0.29, 0.717) is 6.42 Å². The van der Waals surface area contributed by atoms with Gasteiger partial charge in [-0.15, -0.1) is 0 Å². The first-order valence-electron chi connectivity index (χ1n) is 28.7. The molecule has 1 saturated heterocycles. The van der Waals surface area contributed by atoms with Gasteiger partial charge in [0.05, 0.1) is 25.4 Å². The highest BCUT2D eigenvalue weighted by atomic mass is 16.7. The van der Waals surface area contributed by atoms with Gasteiger partial charge in [0.25, 0.3) is 0 Å². The summed E-state index contributed by atoms with van der Waals surface area (Å²) in [6, 6.07) is -0.837. The Balaban J connectivity index is 2.15. The smallest absolute Gasteiger partial charge is 0.220 e. The molecule has 1 heterocycles. The van der Waals surface area contributed by atoms with Gasteiger partial charge in [-0.3, -0.25) is 4.79 Å². The van der Waals surface area contributed by atoms with Crippen molar-refractivity contribution < 1.29 is 39.8 Å². The number of amides is 1. The molecule has 0 bridgehead atoms. The number of aliphatic hydroxyl groups excluding tert-OH is 5. The number of carbonyl (C=O) groups is 1. The molecule has 9 heteroatoms. The minimum absolute atomic E-state index is 0.208. The Morgan fingerprint density at radius 2 is 0.851 bits per heavy atom. The minimum atomic E-state index is -1.58. The van der Waals surface area contributed by atoms with E-state index in [9.17, 15) is 30.3 Å². The molecular weight excluding hydrogens is 923 g/mol. The van der Waals surface area contributed by atoms with Gasteiger partial charge < -0.3 is 40.3 Å². The molecule has 74 heavy (non-hydrogen) atoms. The minimum Gasteiger partial charge on any atom is -0.394 e. The van der Waals surface area contributed by atoms with Crippen LogP contribution in [0.5, 0.6) is 0 Å². The first-order valence-corrected chi connectivity index (χ1v) is 28.7. The van der Waals surface area contributed by atoms with E-state index in [4.69, 9.17) is 9.47 Å². The molecule has 0 aliphatic carbocycles. The van der Waals surface area contributed by atoms with Crippen molar-refractivity contribution >= 4 is 5.91 Å². The maximum Gasteiger partial charge on any atom is 0.220 e. The molecule has 1 aliphatic heterocycles. The van der Waals surface area contributed by atoms with Gasteiger partial charge in [-0.2, -0.15) is 0 Å². The molecule has 7 unspecified atom stereocenters.